The van der Waals surface area contributed by atoms with E-state index in [4.69, 9.17) is 4.74 Å². The van der Waals surface area contributed by atoms with Crippen molar-refractivity contribution in [3.63, 3.8) is 0 Å². The molecule has 112 valence electrons. The lowest BCUT2D eigenvalue weighted by molar-refractivity contribution is -0.113. The summed E-state index contributed by atoms with van der Waals surface area (Å²) in [7, 11) is 0. The van der Waals surface area contributed by atoms with Crippen molar-refractivity contribution >= 4 is 34.1 Å². The average Bonchev–Trinajstić information content (AvgIpc) is 2.94. The number of rotatable bonds is 8. The Morgan fingerprint density at radius 1 is 1.38 bits per heavy atom. The van der Waals surface area contributed by atoms with Gasteiger partial charge in [0.05, 0.1) is 12.4 Å². The van der Waals surface area contributed by atoms with Crippen LogP contribution >= 0.6 is 23.1 Å². The Morgan fingerprint density at radius 2 is 2.19 bits per heavy atom. The quantitative estimate of drug-likeness (QED) is 0.593. The van der Waals surface area contributed by atoms with E-state index < -0.39 is 0 Å². The van der Waals surface area contributed by atoms with Gasteiger partial charge in [-0.3, -0.25) is 15.1 Å². The lowest BCUT2D eigenvalue weighted by Gasteiger charge is -2.01. The summed E-state index contributed by atoms with van der Waals surface area (Å²) in [6.45, 7) is 3.26. The fourth-order valence-electron chi connectivity index (χ4n) is 1.45. The molecule has 6 nitrogen and oxygen atoms in total. The summed E-state index contributed by atoms with van der Waals surface area (Å²) in [4.78, 5) is 16.8. The number of carbonyl (C=O) groups excluding carboxylic acids is 1. The van der Waals surface area contributed by atoms with Gasteiger partial charge in [0.25, 0.3) is 0 Å². The van der Waals surface area contributed by atoms with Gasteiger partial charge in [-0.25, -0.2) is 0 Å². The predicted octanol–water partition coefficient (Wildman–Crippen LogP) is 2.24. The summed E-state index contributed by atoms with van der Waals surface area (Å²) in [5, 5.41) is 12.1. The molecule has 2 aromatic rings. The first-order chi connectivity index (χ1) is 10.3. The van der Waals surface area contributed by atoms with Crippen LogP contribution in [0.3, 0.4) is 0 Å². The molecule has 1 amide bonds. The molecule has 0 aliphatic carbocycles. The number of anilines is 1. The van der Waals surface area contributed by atoms with Gasteiger partial charge in [0.15, 0.2) is 0 Å². The van der Waals surface area contributed by atoms with Gasteiger partial charge >= 0.3 is 0 Å². The van der Waals surface area contributed by atoms with Crippen molar-refractivity contribution in [2.24, 2.45) is 0 Å². The number of ether oxygens (including phenoxy) is 1. The zero-order valence-electron chi connectivity index (χ0n) is 11.6. The van der Waals surface area contributed by atoms with E-state index in [-0.39, 0.29) is 5.91 Å². The maximum Gasteiger partial charge on any atom is 0.236 e. The Bertz CT molecular complexity index is 562. The summed E-state index contributed by atoms with van der Waals surface area (Å²) < 4.78 is 5.26. The first kappa shape index (κ1) is 15.9. The highest BCUT2D eigenvalue weighted by Gasteiger charge is 2.08. The number of carbonyl (C=O) groups is 1. The Kier molecular flexibility index (Phi) is 6.58. The molecule has 0 saturated carbocycles. The maximum absolute atomic E-state index is 11.8. The fourth-order valence-corrected chi connectivity index (χ4v) is 2.87. The largest absolute Gasteiger partial charge is 0.381 e. The van der Waals surface area contributed by atoms with Crippen molar-refractivity contribution < 1.29 is 9.53 Å². The highest BCUT2D eigenvalue weighted by atomic mass is 32.2. The molecule has 8 heteroatoms. The number of nitrogens with zero attached hydrogens (tertiary/aromatic N) is 3. The molecule has 0 radical (unpaired) electrons. The van der Waals surface area contributed by atoms with Crippen molar-refractivity contribution in [1.82, 2.24) is 15.2 Å². The van der Waals surface area contributed by atoms with Gasteiger partial charge in [0, 0.05) is 30.3 Å². The van der Waals surface area contributed by atoms with Crippen LogP contribution in [0.15, 0.2) is 29.4 Å². The molecule has 0 bridgehead atoms. The highest BCUT2D eigenvalue weighted by molar-refractivity contribution is 8.00. The predicted molar refractivity (Wildman–Crippen MR) is 83.7 cm³/mol. The number of amides is 1. The fraction of sp³-hybridized carbons (Fsp3) is 0.385. The summed E-state index contributed by atoms with van der Waals surface area (Å²) in [6, 6.07) is 3.74. The van der Waals surface area contributed by atoms with E-state index in [0.717, 1.165) is 9.90 Å². The number of nitrogens with one attached hydrogen (secondary N) is 1. The first-order valence-electron chi connectivity index (χ1n) is 6.50. The smallest absolute Gasteiger partial charge is 0.236 e. The van der Waals surface area contributed by atoms with Gasteiger partial charge in [-0.15, -0.1) is 22.0 Å². The van der Waals surface area contributed by atoms with E-state index in [1.54, 1.807) is 12.4 Å². The molecule has 0 spiro atoms. The number of aromatic nitrogens is 3. The Labute approximate surface area is 131 Å². The number of thioether (sulfide) groups is 1. The second kappa shape index (κ2) is 8.71. The number of hydrogen-bond acceptors (Lipinski definition) is 7. The van der Waals surface area contributed by atoms with Crippen LogP contribution in [0.5, 0.6) is 0 Å². The van der Waals surface area contributed by atoms with E-state index in [0.29, 0.717) is 30.5 Å². The zero-order chi connectivity index (χ0) is 14.9. The molecular weight excluding hydrogens is 308 g/mol. The minimum atomic E-state index is -0.0932. The summed E-state index contributed by atoms with van der Waals surface area (Å²) in [5.74, 6) is 0.238. The van der Waals surface area contributed by atoms with Crippen molar-refractivity contribution in [2.45, 2.75) is 18.2 Å². The van der Waals surface area contributed by atoms with Crippen LogP contribution in [0, 0.1) is 0 Å². The van der Waals surface area contributed by atoms with Crippen LogP contribution in [0.1, 0.15) is 11.9 Å². The highest BCUT2D eigenvalue weighted by Crippen LogP contribution is 2.18. The zero-order valence-corrected chi connectivity index (χ0v) is 13.2. The topological polar surface area (TPSA) is 77.0 Å². The van der Waals surface area contributed by atoms with Crippen molar-refractivity contribution in [2.75, 3.05) is 24.3 Å². The van der Waals surface area contributed by atoms with Crippen LogP contribution in [0.2, 0.25) is 0 Å². The first-order valence-corrected chi connectivity index (χ1v) is 8.31. The number of hydrogen-bond donors (Lipinski definition) is 1. The van der Waals surface area contributed by atoms with Crippen LogP contribution < -0.4 is 5.32 Å². The normalized spacial score (nSPS) is 10.5. The monoisotopic (exact) mass is 324 g/mol. The maximum atomic E-state index is 11.8. The molecule has 21 heavy (non-hydrogen) atoms. The Balaban J connectivity index is 1.75. The van der Waals surface area contributed by atoms with Gasteiger partial charge in [0.2, 0.25) is 11.0 Å². The van der Waals surface area contributed by atoms with Gasteiger partial charge < -0.3 is 4.74 Å². The molecule has 1 N–H and O–H groups in total. The van der Waals surface area contributed by atoms with Gasteiger partial charge in [-0.2, -0.15) is 0 Å². The van der Waals surface area contributed by atoms with Gasteiger partial charge in [-0.05, 0) is 19.1 Å². The summed E-state index contributed by atoms with van der Waals surface area (Å²) in [5.41, 5.74) is 0. The molecule has 2 rings (SSSR count). The molecule has 0 aliphatic rings. The lowest BCUT2D eigenvalue weighted by atomic mass is 10.5. The molecular formula is C13H16N4O2S2. The van der Waals surface area contributed by atoms with Gasteiger partial charge in [-0.1, -0.05) is 11.3 Å². The second-order valence-electron chi connectivity index (χ2n) is 3.97. The SMILES string of the molecule is CCOCCc1nnc(NC(=O)CSc2ccncc2)s1. The van der Waals surface area contributed by atoms with Crippen LogP contribution in [0.4, 0.5) is 5.13 Å². The molecule has 0 aromatic carbocycles. The molecule has 0 atom stereocenters. The van der Waals surface area contributed by atoms with E-state index in [9.17, 15) is 4.79 Å². The second-order valence-corrected chi connectivity index (χ2v) is 6.08. The van der Waals surface area contributed by atoms with E-state index in [1.807, 2.05) is 19.1 Å². The summed E-state index contributed by atoms with van der Waals surface area (Å²) in [6.07, 6.45) is 4.12. The van der Waals surface area contributed by atoms with Crippen LogP contribution in [-0.4, -0.2) is 40.1 Å². The third kappa shape index (κ3) is 5.78. The Morgan fingerprint density at radius 3 is 2.95 bits per heavy atom. The third-order valence-corrected chi connectivity index (χ3v) is 4.31. The molecule has 0 aliphatic heterocycles. The van der Waals surface area contributed by atoms with Crippen molar-refractivity contribution in [3.05, 3.63) is 29.5 Å². The standard InChI is InChI=1S/C13H16N4O2S2/c1-2-19-8-5-12-16-17-13(21-12)15-11(18)9-20-10-3-6-14-7-4-10/h3-4,6-7H,2,5,8-9H2,1H3,(H,15,17,18). The summed E-state index contributed by atoms with van der Waals surface area (Å²) >= 11 is 2.84. The van der Waals surface area contributed by atoms with Crippen LogP contribution in [0.25, 0.3) is 0 Å². The third-order valence-electron chi connectivity index (χ3n) is 2.40. The average molecular weight is 324 g/mol. The van der Waals surface area contributed by atoms with Gasteiger partial charge in [0.1, 0.15) is 5.01 Å². The lowest BCUT2D eigenvalue weighted by Crippen LogP contribution is -2.13. The van der Waals surface area contributed by atoms with E-state index in [2.05, 4.69) is 20.5 Å². The molecule has 2 heterocycles. The van der Waals surface area contributed by atoms with Crippen molar-refractivity contribution in [3.8, 4) is 0 Å². The molecule has 0 fully saturated rings. The Hall–Kier alpha value is -1.51. The molecule has 0 unspecified atom stereocenters. The van der Waals surface area contributed by atoms with E-state index in [1.165, 1.54) is 23.1 Å². The minimum absolute atomic E-state index is 0.0932. The van der Waals surface area contributed by atoms with Crippen molar-refractivity contribution in [1.29, 1.82) is 0 Å². The minimum Gasteiger partial charge on any atom is -0.381 e. The number of pyridine rings is 1. The molecule has 0 saturated heterocycles. The van der Waals surface area contributed by atoms with Crippen LogP contribution in [-0.2, 0) is 16.0 Å². The molecule has 2 aromatic heterocycles. The van der Waals surface area contributed by atoms with E-state index >= 15 is 0 Å².